The molecule has 0 bridgehead atoms. The first-order chi connectivity index (χ1) is 9.67. The topological polar surface area (TPSA) is 42.7 Å². The zero-order chi connectivity index (χ0) is 14.4. The molecule has 0 saturated heterocycles. The standard InChI is InChI=1S/C16H24N4/c1-4-9-17-15(11-16-12-20(3)19-18-16)10-14-7-5-13(2)6-8-14/h5-8,12,15,17H,4,9-11H2,1-3H3. The van der Waals surface area contributed by atoms with Gasteiger partial charge in [-0.1, -0.05) is 42.0 Å². The Hall–Kier alpha value is -1.68. The summed E-state index contributed by atoms with van der Waals surface area (Å²) >= 11 is 0. The van der Waals surface area contributed by atoms with Crippen LogP contribution in [0.1, 0.15) is 30.2 Å². The molecule has 0 aliphatic carbocycles. The Kier molecular flexibility index (Phi) is 5.30. The normalized spacial score (nSPS) is 12.6. The average Bonchev–Trinajstić information content (AvgIpc) is 2.84. The van der Waals surface area contributed by atoms with Gasteiger partial charge in [0, 0.05) is 25.7 Å². The van der Waals surface area contributed by atoms with E-state index in [1.54, 1.807) is 4.68 Å². The van der Waals surface area contributed by atoms with E-state index < -0.39 is 0 Å². The van der Waals surface area contributed by atoms with Gasteiger partial charge in [0.25, 0.3) is 0 Å². The highest BCUT2D eigenvalue weighted by Gasteiger charge is 2.12. The van der Waals surface area contributed by atoms with E-state index >= 15 is 0 Å². The Morgan fingerprint density at radius 2 is 1.95 bits per heavy atom. The van der Waals surface area contributed by atoms with Gasteiger partial charge in [-0.2, -0.15) is 0 Å². The minimum absolute atomic E-state index is 0.411. The Labute approximate surface area is 121 Å². The molecule has 1 heterocycles. The molecule has 20 heavy (non-hydrogen) atoms. The van der Waals surface area contributed by atoms with Crippen molar-refractivity contribution in [2.24, 2.45) is 7.05 Å². The fourth-order valence-corrected chi connectivity index (χ4v) is 2.31. The van der Waals surface area contributed by atoms with E-state index in [4.69, 9.17) is 0 Å². The second kappa shape index (κ2) is 7.20. The third-order valence-corrected chi connectivity index (χ3v) is 3.39. The van der Waals surface area contributed by atoms with E-state index in [1.807, 2.05) is 13.2 Å². The number of nitrogens with one attached hydrogen (secondary N) is 1. The monoisotopic (exact) mass is 272 g/mol. The SMILES string of the molecule is CCCNC(Cc1ccc(C)cc1)Cc1cn(C)nn1. The number of rotatable bonds is 7. The molecule has 0 aliphatic rings. The van der Waals surface area contributed by atoms with Gasteiger partial charge >= 0.3 is 0 Å². The quantitative estimate of drug-likeness (QED) is 0.841. The van der Waals surface area contributed by atoms with Crippen LogP contribution in [0.4, 0.5) is 0 Å². The number of hydrogen-bond acceptors (Lipinski definition) is 3. The number of benzene rings is 1. The molecule has 0 saturated carbocycles. The van der Waals surface area contributed by atoms with Crippen molar-refractivity contribution < 1.29 is 0 Å². The molecule has 4 nitrogen and oxygen atoms in total. The van der Waals surface area contributed by atoms with E-state index in [0.29, 0.717) is 6.04 Å². The lowest BCUT2D eigenvalue weighted by molar-refractivity contribution is 0.500. The minimum atomic E-state index is 0.411. The zero-order valence-electron chi connectivity index (χ0n) is 12.6. The average molecular weight is 272 g/mol. The summed E-state index contributed by atoms with van der Waals surface area (Å²) in [4.78, 5) is 0. The van der Waals surface area contributed by atoms with Crippen molar-refractivity contribution in [1.29, 1.82) is 0 Å². The van der Waals surface area contributed by atoms with Gasteiger partial charge in [0.15, 0.2) is 0 Å². The van der Waals surface area contributed by atoms with Crippen molar-refractivity contribution in [3.05, 3.63) is 47.3 Å². The summed E-state index contributed by atoms with van der Waals surface area (Å²) in [5, 5.41) is 11.8. The molecule has 2 rings (SSSR count). The number of hydrogen-bond donors (Lipinski definition) is 1. The lowest BCUT2D eigenvalue weighted by atomic mass is 10.0. The Morgan fingerprint density at radius 1 is 1.20 bits per heavy atom. The molecule has 0 radical (unpaired) electrons. The summed E-state index contributed by atoms with van der Waals surface area (Å²) in [6.45, 7) is 5.35. The number of aromatic nitrogens is 3. The predicted octanol–water partition coefficient (Wildman–Crippen LogP) is 2.28. The first kappa shape index (κ1) is 14.7. The third kappa shape index (κ3) is 4.46. The van der Waals surface area contributed by atoms with Gasteiger partial charge < -0.3 is 5.32 Å². The Balaban J connectivity index is 2.00. The number of nitrogens with zero attached hydrogens (tertiary/aromatic N) is 3. The smallest absolute Gasteiger partial charge is 0.0842 e. The van der Waals surface area contributed by atoms with E-state index in [-0.39, 0.29) is 0 Å². The van der Waals surface area contributed by atoms with Crippen molar-refractivity contribution in [3.8, 4) is 0 Å². The van der Waals surface area contributed by atoms with E-state index in [9.17, 15) is 0 Å². The van der Waals surface area contributed by atoms with Crippen LogP contribution in [-0.4, -0.2) is 27.6 Å². The molecule has 1 unspecified atom stereocenters. The highest BCUT2D eigenvalue weighted by molar-refractivity contribution is 5.22. The van der Waals surface area contributed by atoms with Crippen LogP contribution in [0.15, 0.2) is 30.5 Å². The van der Waals surface area contributed by atoms with Gasteiger partial charge in [-0.25, -0.2) is 0 Å². The molecule has 0 amide bonds. The van der Waals surface area contributed by atoms with Crippen molar-refractivity contribution in [3.63, 3.8) is 0 Å². The van der Waals surface area contributed by atoms with E-state index in [0.717, 1.165) is 31.5 Å². The molecule has 1 N–H and O–H groups in total. The van der Waals surface area contributed by atoms with Crippen LogP contribution < -0.4 is 5.32 Å². The van der Waals surface area contributed by atoms with Gasteiger partial charge in [0.2, 0.25) is 0 Å². The molecular formula is C16H24N4. The van der Waals surface area contributed by atoms with Gasteiger partial charge in [0.05, 0.1) is 5.69 Å². The maximum absolute atomic E-state index is 4.19. The molecular weight excluding hydrogens is 248 g/mol. The van der Waals surface area contributed by atoms with Crippen molar-refractivity contribution in [2.75, 3.05) is 6.54 Å². The Bertz CT molecular complexity index is 516. The minimum Gasteiger partial charge on any atom is -0.313 e. The van der Waals surface area contributed by atoms with Crippen molar-refractivity contribution in [2.45, 2.75) is 39.2 Å². The first-order valence-corrected chi connectivity index (χ1v) is 7.31. The maximum atomic E-state index is 4.19. The van der Waals surface area contributed by atoms with Crippen LogP contribution in [0.25, 0.3) is 0 Å². The van der Waals surface area contributed by atoms with Crippen LogP contribution >= 0.6 is 0 Å². The summed E-state index contributed by atoms with van der Waals surface area (Å²) < 4.78 is 1.76. The molecule has 1 aromatic heterocycles. The second-order valence-electron chi connectivity index (χ2n) is 5.43. The fraction of sp³-hybridized carbons (Fsp3) is 0.500. The lowest BCUT2D eigenvalue weighted by Gasteiger charge is -2.17. The molecule has 1 aromatic carbocycles. The van der Waals surface area contributed by atoms with Crippen LogP contribution in [-0.2, 0) is 19.9 Å². The predicted molar refractivity (Wildman–Crippen MR) is 81.7 cm³/mol. The largest absolute Gasteiger partial charge is 0.313 e. The summed E-state index contributed by atoms with van der Waals surface area (Å²) in [5.74, 6) is 0. The van der Waals surface area contributed by atoms with Crippen LogP contribution in [0.2, 0.25) is 0 Å². The highest BCUT2D eigenvalue weighted by atomic mass is 15.4. The van der Waals surface area contributed by atoms with E-state index in [2.05, 4.69) is 53.7 Å². The fourth-order valence-electron chi connectivity index (χ4n) is 2.31. The molecule has 0 spiro atoms. The van der Waals surface area contributed by atoms with Crippen molar-refractivity contribution >= 4 is 0 Å². The van der Waals surface area contributed by atoms with Gasteiger partial charge in [-0.05, 0) is 31.9 Å². The summed E-state index contributed by atoms with van der Waals surface area (Å²) in [6, 6.07) is 9.19. The van der Waals surface area contributed by atoms with Crippen molar-refractivity contribution in [1.82, 2.24) is 20.3 Å². The van der Waals surface area contributed by atoms with Crippen LogP contribution in [0.5, 0.6) is 0 Å². The van der Waals surface area contributed by atoms with E-state index in [1.165, 1.54) is 11.1 Å². The zero-order valence-corrected chi connectivity index (χ0v) is 12.6. The van der Waals surface area contributed by atoms with Gasteiger partial charge in [-0.3, -0.25) is 4.68 Å². The summed E-state index contributed by atoms with van der Waals surface area (Å²) in [7, 11) is 1.91. The molecule has 0 fully saturated rings. The van der Waals surface area contributed by atoms with Crippen LogP contribution in [0, 0.1) is 6.92 Å². The van der Waals surface area contributed by atoms with Crippen LogP contribution in [0.3, 0.4) is 0 Å². The van der Waals surface area contributed by atoms with Gasteiger partial charge in [0.1, 0.15) is 0 Å². The number of aryl methyl sites for hydroxylation is 2. The summed E-state index contributed by atoms with van der Waals surface area (Å²) in [5.41, 5.74) is 3.72. The first-order valence-electron chi connectivity index (χ1n) is 7.31. The molecule has 2 aromatic rings. The summed E-state index contributed by atoms with van der Waals surface area (Å²) in [6.07, 6.45) is 5.08. The third-order valence-electron chi connectivity index (χ3n) is 3.39. The highest BCUT2D eigenvalue weighted by Crippen LogP contribution is 2.09. The molecule has 0 aliphatic heterocycles. The van der Waals surface area contributed by atoms with Gasteiger partial charge in [-0.15, -0.1) is 5.10 Å². The molecule has 1 atom stereocenters. The second-order valence-corrected chi connectivity index (χ2v) is 5.43. The lowest BCUT2D eigenvalue weighted by Crippen LogP contribution is -2.34. The molecule has 108 valence electrons. The maximum Gasteiger partial charge on any atom is 0.0842 e. The molecule has 4 heteroatoms. The Morgan fingerprint density at radius 3 is 2.55 bits per heavy atom.